The Balaban J connectivity index is 2.41. The van der Waals surface area contributed by atoms with Crippen molar-refractivity contribution in [3.8, 4) is 11.8 Å². The predicted octanol–water partition coefficient (Wildman–Crippen LogP) is 3.87. The third kappa shape index (κ3) is 3.22. The van der Waals surface area contributed by atoms with E-state index in [1.807, 2.05) is 0 Å². The molecule has 0 amide bonds. The largest absolute Gasteiger partial charge is 0.495 e. The third-order valence-corrected chi connectivity index (χ3v) is 2.99. The number of benzene rings is 2. The lowest BCUT2D eigenvalue weighted by Gasteiger charge is -2.11. The van der Waals surface area contributed by atoms with Gasteiger partial charge in [-0.3, -0.25) is 10.1 Å². The van der Waals surface area contributed by atoms with Crippen molar-refractivity contribution in [3.63, 3.8) is 0 Å². The molecule has 7 heteroatoms. The SMILES string of the molecule is COc1ccc(Cl)cc1Nc1ccc(C#N)c([N+](=O)[O-])c1. The molecule has 2 rings (SSSR count). The van der Waals surface area contributed by atoms with Crippen molar-refractivity contribution in [1.29, 1.82) is 5.26 Å². The molecule has 0 aliphatic rings. The number of halogens is 1. The Morgan fingerprint density at radius 2 is 2.10 bits per heavy atom. The van der Waals surface area contributed by atoms with Gasteiger partial charge in [-0.05, 0) is 30.3 Å². The van der Waals surface area contributed by atoms with Crippen molar-refractivity contribution < 1.29 is 9.66 Å². The molecule has 0 aliphatic heterocycles. The summed E-state index contributed by atoms with van der Waals surface area (Å²) in [5.41, 5.74) is 0.775. The Morgan fingerprint density at radius 1 is 1.33 bits per heavy atom. The molecule has 0 atom stereocenters. The van der Waals surface area contributed by atoms with E-state index < -0.39 is 4.92 Å². The monoisotopic (exact) mass is 303 g/mol. The van der Waals surface area contributed by atoms with E-state index in [2.05, 4.69) is 5.32 Å². The number of nitriles is 1. The highest BCUT2D eigenvalue weighted by molar-refractivity contribution is 6.31. The summed E-state index contributed by atoms with van der Waals surface area (Å²) >= 11 is 5.92. The van der Waals surface area contributed by atoms with Gasteiger partial charge >= 0.3 is 0 Å². The van der Waals surface area contributed by atoms with Crippen molar-refractivity contribution in [2.24, 2.45) is 0 Å². The van der Waals surface area contributed by atoms with Crippen LogP contribution in [0.15, 0.2) is 36.4 Å². The molecule has 0 saturated carbocycles. The van der Waals surface area contributed by atoms with E-state index >= 15 is 0 Å². The maximum atomic E-state index is 10.9. The highest BCUT2D eigenvalue weighted by Gasteiger charge is 2.15. The van der Waals surface area contributed by atoms with Crippen molar-refractivity contribution in [2.45, 2.75) is 0 Å². The third-order valence-electron chi connectivity index (χ3n) is 2.76. The molecule has 0 radical (unpaired) electrons. The van der Waals surface area contributed by atoms with Crippen molar-refractivity contribution in [2.75, 3.05) is 12.4 Å². The molecule has 0 bridgehead atoms. The van der Waals surface area contributed by atoms with Gasteiger partial charge in [-0.25, -0.2) is 0 Å². The second kappa shape index (κ2) is 6.11. The number of nitrogens with zero attached hydrogens (tertiary/aromatic N) is 2. The van der Waals surface area contributed by atoms with Crippen LogP contribution in [-0.4, -0.2) is 12.0 Å². The Morgan fingerprint density at radius 3 is 2.71 bits per heavy atom. The molecule has 106 valence electrons. The molecular weight excluding hydrogens is 294 g/mol. The molecule has 2 aromatic carbocycles. The first-order valence-electron chi connectivity index (χ1n) is 5.84. The standard InChI is InChI=1S/C14H10ClN3O3/c1-21-14-5-3-10(15)6-12(14)17-11-4-2-9(8-16)13(7-11)18(19)20/h2-7,17H,1H3. The molecule has 6 nitrogen and oxygen atoms in total. The minimum atomic E-state index is -0.598. The van der Waals surface area contributed by atoms with Crippen LogP contribution in [-0.2, 0) is 0 Å². The molecule has 0 saturated heterocycles. The molecule has 21 heavy (non-hydrogen) atoms. The quantitative estimate of drug-likeness (QED) is 0.684. The molecule has 0 aliphatic carbocycles. The second-order valence-electron chi connectivity index (χ2n) is 4.07. The van der Waals surface area contributed by atoms with Gasteiger partial charge < -0.3 is 10.1 Å². The fourth-order valence-corrected chi connectivity index (χ4v) is 1.96. The zero-order valence-electron chi connectivity index (χ0n) is 11.0. The van der Waals surface area contributed by atoms with Gasteiger partial charge in [-0.2, -0.15) is 5.26 Å². The fourth-order valence-electron chi connectivity index (χ4n) is 1.79. The lowest BCUT2D eigenvalue weighted by atomic mass is 10.1. The van der Waals surface area contributed by atoms with E-state index in [0.717, 1.165) is 0 Å². The molecule has 1 N–H and O–H groups in total. The number of hydrogen-bond donors (Lipinski definition) is 1. The van der Waals surface area contributed by atoms with Gasteiger partial charge in [0, 0.05) is 16.8 Å². The van der Waals surface area contributed by atoms with Crippen molar-refractivity contribution in [3.05, 3.63) is 57.1 Å². The summed E-state index contributed by atoms with van der Waals surface area (Å²) in [7, 11) is 1.51. The lowest BCUT2D eigenvalue weighted by Crippen LogP contribution is -1.97. The molecule has 0 spiro atoms. The van der Waals surface area contributed by atoms with E-state index in [1.165, 1.54) is 19.2 Å². The number of anilines is 2. The summed E-state index contributed by atoms with van der Waals surface area (Å²) < 4.78 is 5.19. The fraction of sp³-hybridized carbons (Fsp3) is 0.0714. The Hall–Kier alpha value is -2.78. The van der Waals surface area contributed by atoms with Crippen LogP contribution in [0.4, 0.5) is 17.1 Å². The number of nitro groups is 1. The number of rotatable bonds is 4. The lowest BCUT2D eigenvalue weighted by molar-refractivity contribution is -0.385. The van der Waals surface area contributed by atoms with E-state index in [-0.39, 0.29) is 11.3 Å². The van der Waals surface area contributed by atoms with Crippen LogP contribution in [0.5, 0.6) is 5.75 Å². The number of hydrogen-bond acceptors (Lipinski definition) is 5. The van der Waals surface area contributed by atoms with Crippen LogP contribution >= 0.6 is 11.6 Å². The smallest absolute Gasteiger partial charge is 0.289 e. The van der Waals surface area contributed by atoms with E-state index in [9.17, 15) is 10.1 Å². The zero-order valence-corrected chi connectivity index (χ0v) is 11.7. The van der Waals surface area contributed by atoms with Gasteiger partial charge in [0.25, 0.3) is 5.69 Å². The van der Waals surface area contributed by atoms with Gasteiger partial charge in [0.2, 0.25) is 0 Å². The highest BCUT2D eigenvalue weighted by atomic mass is 35.5. The Labute approximate surface area is 125 Å². The van der Waals surface area contributed by atoms with E-state index in [0.29, 0.717) is 22.1 Å². The predicted molar refractivity (Wildman–Crippen MR) is 79.1 cm³/mol. The van der Waals surface area contributed by atoms with Crippen LogP contribution in [0, 0.1) is 21.4 Å². The first kappa shape index (κ1) is 14.6. The molecule has 0 unspecified atom stereocenters. The number of methoxy groups -OCH3 is 1. The summed E-state index contributed by atoms with van der Waals surface area (Å²) in [5.74, 6) is 0.548. The molecular formula is C14H10ClN3O3. The summed E-state index contributed by atoms with van der Waals surface area (Å²) in [6.45, 7) is 0. The molecule has 2 aromatic rings. The zero-order chi connectivity index (χ0) is 15.4. The Bertz CT molecular complexity index is 741. The van der Waals surface area contributed by atoms with E-state index in [1.54, 1.807) is 30.3 Å². The summed E-state index contributed by atoms with van der Waals surface area (Å²) in [6.07, 6.45) is 0. The van der Waals surface area contributed by atoms with Crippen LogP contribution in [0.25, 0.3) is 0 Å². The van der Waals surface area contributed by atoms with Gasteiger partial charge in [-0.1, -0.05) is 11.6 Å². The van der Waals surface area contributed by atoms with Gasteiger partial charge in [0.1, 0.15) is 17.4 Å². The van der Waals surface area contributed by atoms with Crippen molar-refractivity contribution >= 4 is 28.7 Å². The normalized spacial score (nSPS) is 9.76. The summed E-state index contributed by atoms with van der Waals surface area (Å²) in [5, 5.41) is 23.3. The van der Waals surface area contributed by atoms with Gasteiger partial charge in [0.15, 0.2) is 0 Å². The van der Waals surface area contributed by atoms with Crippen molar-refractivity contribution in [1.82, 2.24) is 0 Å². The van der Waals surface area contributed by atoms with E-state index in [4.69, 9.17) is 21.6 Å². The minimum Gasteiger partial charge on any atom is -0.495 e. The maximum absolute atomic E-state index is 10.9. The van der Waals surface area contributed by atoms with Gasteiger partial charge in [0.05, 0.1) is 17.7 Å². The molecule has 0 aromatic heterocycles. The Kier molecular flexibility index (Phi) is 4.26. The second-order valence-corrected chi connectivity index (χ2v) is 4.51. The maximum Gasteiger partial charge on any atom is 0.289 e. The average Bonchev–Trinajstić information content (AvgIpc) is 2.47. The first-order chi connectivity index (χ1) is 10.0. The highest BCUT2D eigenvalue weighted by Crippen LogP contribution is 2.32. The van der Waals surface area contributed by atoms with Crippen LogP contribution in [0.3, 0.4) is 0 Å². The minimum absolute atomic E-state index is 0.00334. The van der Waals surface area contributed by atoms with Crippen LogP contribution in [0.1, 0.15) is 5.56 Å². The number of nitro benzene ring substituents is 1. The number of ether oxygens (including phenoxy) is 1. The first-order valence-corrected chi connectivity index (χ1v) is 6.22. The number of nitrogens with one attached hydrogen (secondary N) is 1. The van der Waals surface area contributed by atoms with Gasteiger partial charge in [-0.15, -0.1) is 0 Å². The molecule has 0 heterocycles. The summed E-state index contributed by atoms with van der Waals surface area (Å²) in [4.78, 5) is 10.3. The average molecular weight is 304 g/mol. The van der Waals surface area contributed by atoms with Crippen LogP contribution in [0.2, 0.25) is 5.02 Å². The molecule has 0 fully saturated rings. The van der Waals surface area contributed by atoms with Crippen LogP contribution < -0.4 is 10.1 Å². The topological polar surface area (TPSA) is 88.2 Å². The summed E-state index contributed by atoms with van der Waals surface area (Å²) in [6, 6.07) is 11.0.